The van der Waals surface area contributed by atoms with Gasteiger partial charge >= 0.3 is 18.2 Å². The number of hydrogen-bond acceptors (Lipinski definition) is 9. The van der Waals surface area contributed by atoms with Crippen molar-refractivity contribution in [3.63, 3.8) is 0 Å². The number of nitrogens with zero attached hydrogens (tertiary/aromatic N) is 2. The molecule has 0 spiro atoms. The van der Waals surface area contributed by atoms with Crippen LogP contribution in [0.1, 0.15) is 68.0 Å². The molecule has 0 bridgehead atoms. The number of carboxylic acid groups (broad SMARTS) is 1. The van der Waals surface area contributed by atoms with Crippen LogP contribution in [0.2, 0.25) is 0 Å². The second kappa shape index (κ2) is 12.6. The minimum absolute atomic E-state index is 0.0284. The Hall–Kier alpha value is -4.35. The highest BCUT2D eigenvalue weighted by Crippen LogP contribution is 2.24. The van der Waals surface area contributed by atoms with Crippen LogP contribution in [0.15, 0.2) is 51.7 Å². The molecule has 0 aliphatic rings. The van der Waals surface area contributed by atoms with Gasteiger partial charge in [0.05, 0.1) is 0 Å². The largest absolute Gasteiger partial charge is 0.476 e. The first-order valence-corrected chi connectivity index (χ1v) is 11.7. The van der Waals surface area contributed by atoms with E-state index in [1.165, 1.54) is 6.26 Å². The summed E-state index contributed by atoms with van der Waals surface area (Å²) in [6.45, 7) is 5.82. The normalized spacial score (nSPS) is 12.0. The lowest BCUT2D eigenvalue weighted by atomic mass is 10.1. The van der Waals surface area contributed by atoms with Crippen LogP contribution < -0.4 is 10.6 Å². The van der Waals surface area contributed by atoms with Gasteiger partial charge in [0.1, 0.15) is 30.8 Å². The lowest BCUT2D eigenvalue weighted by molar-refractivity contribution is 0.0526. The van der Waals surface area contributed by atoms with E-state index in [0.717, 1.165) is 11.8 Å². The first kappa shape index (κ1) is 27.2. The summed E-state index contributed by atoms with van der Waals surface area (Å²) in [4.78, 5) is 43.5. The van der Waals surface area contributed by atoms with Gasteiger partial charge in [-0.05, 0) is 45.6 Å². The molecule has 3 rings (SSSR count). The van der Waals surface area contributed by atoms with Crippen LogP contribution in [0.3, 0.4) is 0 Å². The third kappa shape index (κ3) is 8.98. The Balaban J connectivity index is 1.60. The van der Waals surface area contributed by atoms with Crippen LogP contribution in [-0.4, -0.2) is 45.4 Å². The third-order valence-corrected chi connectivity index (χ3v) is 4.86. The molecule has 0 aliphatic heterocycles. The van der Waals surface area contributed by atoms with E-state index >= 15 is 0 Å². The van der Waals surface area contributed by atoms with E-state index < -0.39 is 29.8 Å². The van der Waals surface area contributed by atoms with Gasteiger partial charge in [0.2, 0.25) is 11.8 Å². The van der Waals surface area contributed by atoms with Crippen LogP contribution in [0.5, 0.6) is 0 Å². The first-order valence-electron chi connectivity index (χ1n) is 11.7. The summed E-state index contributed by atoms with van der Waals surface area (Å²) in [7, 11) is 0. The quantitative estimate of drug-likeness (QED) is 0.305. The van der Waals surface area contributed by atoms with Gasteiger partial charge in [0, 0.05) is 6.54 Å². The first-order chi connectivity index (χ1) is 17.6. The van der Waals surface area contributed by atoms with Crippen molar-refractivity contribution in [2.45, 2.75) is 58.3 Å². The molecule has 12 heteroatoms. The molecule has 12 nitrogen and oxygen atoms in total. The Bertz CT molecular complexity index is 1180. The topological polar surface area (TPSA) is 166 Å². The number of rotatable bonds is 11. The molecule has 0 radical (unpaired) electrons. The minimum atomic E-state index is -1.24. The zero-order valence-electron chi connectivity index (χ0n) is 20.9. The molecule has 0 saturated carbocycles. The number of benzene rings is 1. The van der Waals surface area contributed by atoms with E-state index in [4.69, 9.17) is 23.4 Å². The van der Waals surface area contributed by atoms with E-state index in [2.05, 4.69) is 20.6 Å². The van der Waals surface area contributed by atoms with Crippen molar-refractivity contribution in [1.82, 2.24) is 20.6 Å². The van der Waals surface area contributed by atoms with Crippen molar-refractivity contribution in [3.8, 4) is 11.6 Å². The summed E-state index contributed by atoms with van der Waals surface area (Å²) in [5, 5.41) is 14.5. The smallest absolute Gasteiger partial charge is 0.408 e. The molecule has 0 fully saturated rings. The Morgan fingerprint density at radius 3 is 2.46 bits per heavy atom. The number of ether oxygens (including phenoxy) is 2. The maximum Gasteiger partial charge on any atom is 0.408 e. The summed E-state index contributed by atoms with van der Waals surface area (Å²) in [5.41, 5.74) is 0.157. The summed E-state index contributed by atoms with van der Waals surface area (Å²) in [6, 6.07) is 8.57. The lowest BCUT2D eigenvalue weighted by Gasteiger charge is -2.19. The van der Waals surface area contributed by atoms with Gasteiger partial charge in [0.25, 0.3) is 0 Å². The Labute approximate surface area is 213 Å². The number of aromatic nitrogens is 2. The third-order valence-electron chi connectivity index (χ3n) is 4.86. The zero-order valence-corrected chi connectivity index (χ0v) is 20.9. The van der Waals surface area contributed by atoms with Gasteiger partial charge in [0.15, 0.2) is 11.4 Å². The van der Waals surface area contributed by atoms with Gasteiger partial charge in [-0.15, -0.1) is 0 Å². The fourth-order valence-electron chi connectivity index (χ4n) is 3.18. The van der Waals surface area contributed by atoms with Crippen molar-refractivity contribution in [3.05, 3.63) is 60.0 Å². The summed E-state index contributed by atoms with van der Waals surface area (Å²) >= 11 is 0. The molecule has 0 unspecified atom stereocenters. The molecule has 3 aromatic rings. The second-order valence-electron chi connectivity index (χ2n) is 9.10. The number of alkyl carbamates (subject to hydrolysis) is 2. The highest BCUT2D eigenvalue weighted by atomic mass is 16.6. The molecular formula is C25H30N4O8. The standard InChI is InChI=1S/C25H30N4O8/c1-25(2,3)37-23(32)26-12-8-7-11-17(29-24(33)36-13-16-9-5-4-6-10-16)20-27-18(14-34-20)21-28-19(15-35-21)22(30)31/h4-6,9-10,14-15,17H,7-8,11-13H2,1-3H3,(H,26,32)(H,29,33)(H,30,31)/t17-/m0/s1. The predicted octanol–water partition coefficient (Wildman–Crippen LogP) is 4.69. The molecule has 198 valence electrons. The van der Waals surface area contributed by atoms with Crippen molar-refractivity contribution in [2.75, 3.05) is 6.54 Å². The number of aromatic carboxylic acids is 1. The summed E-state index contributed by atoms with van der Waals surface area (Å²) in [6.07, 6.45) is 2.72. The maximum absolute atomic E-state index is 12.5. The van der Waals surface area contributed by atoms with Gasteiger partial charge in [-0.25, -0.2) is 24.4 Å². The number of oxazole rings is 2. The molecular weight excluding hydrogens is 484 g/mol. The fourth-order valence-corrected chi connectivity index (χ4v) is 3.18. The van der Waals surface area contributed by atoms with E-state index in [1.54, 1.807) is 20.8 Å². The molecule has 37 heavy (non-hydrogen) atoms. The van der Waals surface area contributed by atoms with Crippen LogP contribution in [0, 0.1) is 0 Å². The molecule has 1 aromatic carbocycles. The highest BCUT2D eigenvalue weighted by Gasteiger charge is 2.23. The number of carbonyl (C=O) groups excluding carboxylic acids is 2. The highest BCUT2D eigenvalue weighted by molar-refractivity contribution is 5.85. The molecule has 1 atom stereocenters. The van der Waals surface area contributed by atoms with Crippen molar-refractivity contribution in [2.24, 2.45) is 0 Å². The van der Waals surface area contributed by atoms with Crippen LogP contribution in [-0.2, 0) is 16.1 Å². The molecule has 0 aliphatic carbocycles. The van der Waals surface area contributed by atoms with E-state index in [-0.39, 0.29) is 29.8 Å². The van der Waals surface area contributed by atoms with Crippen molar-refractivity contribution >= 4 is 18.2 Å². The number of unbranched alkanes of at least 4 members (excludes halogenated alkanes) is 1. The predicted molar refractivity (Wildman–Crippen MR) is 130 cm³/mol. The number of amides is 2. The monoisotopic (exact) mass is 514 g/mol. The Morgan fingerprint density at radius 1 is 1.03 bits per heavy atom. The van der Waals surface area contributed by atoms with Crippen LogP contribution in [0.25, 0.3) is 11.6 Å². The number of carboxylic acids is 1. The van der Waals surface area contributed by atoms with Gasteiger partial charge in [-0.3, -0.25) is 0 Å². The van der Waals surface area contributed by atoms with E-state index in [1.807, 2.05) is 30.3 Å². The minimum Gasteiger partial charge on any atom is -0.476 e. The van der Waals surface area contributed by atoms with E-state index in [0.29, 0.717) is 25.8 Å². The molecule has 0 saturated heterocycles. The van der Waals surface area contributed by atoms with Crippen LogP contribution >= 0.6 is 0 Å². The lowest BCUT2D eigenvalue weighted by Crippen LogP contribution is -2.33. The number of nitrogens with one attached hydrogen (secondary N) is 2. The molecule has 2 heterocycles. The number of carbonyl (C=O) groups is 3. The van der Waals surface area contributed by atoms with Crippen molar-refractivity contribution < 1.29 is 37.8 Å². The van der Waals surface area contributed by atoms with Gasteiger partial charge < -0.3 is 34.0 Å². The maximum atomic E-state index is 12.5. The molecule has 2 amide bonds. The number of hydrogen-bond donors (Lipinski definition) is 3. The Morgan fingerprint density at radius 2 is 1.78 bits per heavy atom. The van der Waals surface area contributed by atoms with Gasteiger partial charge in [-0.2, -0.15) is 0 Å². The van der Waals surface area contributed by atoms with Crippen molar-refractivity contribution in [1.29, 1.82) is 0 Å². The second-order valence-corrected chi connectivity index (χ2v) is 9.10. The Kier molecular flexibility index (Phi) is 9.25. The van der Waals surface area contributed by atoms with E-state index in [9.17, 15) is 14.4 Å². The zero-order chi connectivity index (χ0) is 26.8. The fraction of sp³-hybridized carbons (Fsp3) is 0.400. The van der Waals surface area contributed by atoms with Gasteiger partial charge in [-0.1, -0.05) is 30.3 Å². The molecule has 3 N–H and O–H groups in total. The molecule has 2 aromatic heterocycles. The average molecular weight is 515 g/mol. The summed E-state index contributed by atoms with van der Waals surface area (Å²) in [5.74, 6) is -1.10. The van der Waals surface area contributed by atoms with Crippen LogP contribution in [0.4, 0.5) is 9.59 Å². The summed E-state index contributed by atoms with van der Waals surface area (Å²) < 4.78 is 21.2. The average Bonchev–Trinajstić information content (AvgIpc) is 3.51. The SMILES string of the molecule is CC(C)(C)OC(=O)NCCCC[C@H](NC(=O)OCc1ccccc1)c1nc(-c2nc(C(=O)O)co2)co1.